The number of aryl methyl sites for hydroxylation is 2. The largest absolute Gasteiger partial charge is 0.362 e. The Hall–Kier alpha value is -2.14. The van der Waals surface area contributed by atoms with Crippen LogP contribution in [0.5, 0.6) is 0 Å². The van der Waals surface area contributed by atoms with E-state index >= 15 is 0 Å². The third-order valence-corrected chi connectivity index (χ3v) is 6.20. The Morgan fingerprint density at radius 1 is 1.27 bits per heavy atom. The van der Waals surface area contributed by atoms with E-state index < -0.39 is 15.1 Å². The van der Waals surface area contributed by atoms with Crippen LogP contribution in [0.15, 0.2) is 41.8 Å². The number of benzene rings is 1. The Kier molecular flexibility index (Phi) is 3.53. The molecular formula is C17H17NO3S. The van der Waals surface area contributed by atoms with Crippen molar-refractivity contribution in [2.45, 2.75) is 29.9 Å². The van der Waals surface area contributed by atoms with Gasteiger partial charge in [-0.1, -0.05) is 24.8 Å². The number of aromatic amines is 1. The molecule has 1 unspecified atom stereocenters. The molecule has 0 bridgehead atoms. The van der Waals surface area contributed by atoms with Crippen LogP contribution in [-0.4, -0.2) is 24.4 Å². The third-order valence-electron chi connectivity index (χ3n) is 4.07. The van der Waals surface area contributed by atoms with Gasteiger partial charge in [-0.15, -0.1) is 0 Å². The second kappa shape index (κ2) is 5.25. The SMILES string of the molecule is C=Cc1ccc(S(=O)(=O)C2CCc3[nH]c(C)cc3C2=O)cc1. The van der Waals surface area contributed by atoms with Crippen molar-refractivity contribution in [3.63, 3.8) is 0 Å². The molecule has 0 amide bonds. The average Bonchev–Trinajstić information content (AvgIpc) is 2.89. The summed E-state index contributed by atoms with van der Waals surface area (Å²) >= 11 is 0. The number of hydrogen-bond donors (Lipinski definition) is 1. The van der Waals surface area contributed by atoms with Crippen LogP contribution in [-0.2, 0) is 16.3 Å². The number of aromatic nitrogens is 1. The highest BCUT2D eigenvalue weighted by Gasteiger charge is 2.38. The number of fused-ring (bicyclic) bond motifs is 1. The molecule has 0 fully saturated rings. The second-order valence-corrected chi connectivity index (χ2v) is 7.68. The summed E-state index contributed by atoms with van der Waals surface area (Å²) in [4.78, 5) is 15.9. The molecule has 4 nitrogen and oxygen atoms in total. The van der Waals surface area contributed by atoms with Crippen LogP contribution in [0.25, 0.3) is 6.08 Å². The van der Waals surface area contributed by atoms with Crippen LogP contribution >= 0.6 is 0 Å². The molecule has 1 aliphatic carbocycles. The molecule has 1 N–H and O–H groups in total. The maximum absolute atomic E-state index is 12.8. The van der Waals surface area contributed by atoms with Crippen molar-refractivity contribution in [1.29, 1.82) is 0 Å². The number of carbonyl (C=O) groups excluding carboxylic acids is 1. The zero-order valence-corrected chi connectivity index (χ0v) is 13.1. The maximum Gasteiger partial charge on any atom is 0.188 e. The summed E-state index contributed by atoms with van der Waals surface area (Å²) in [5.74, 6) is -0.307. The number of sulfone groups is 1. The average molecular weight is 315 g/mol. The van der Waals surface area contributed by atoms with E-state index in [0.717, 1.165) is 17.0 Å². The normalized spacial score (nSPS) is 18.0. The van der Waals surface area contributed by atoms with Gasteiger partial charge in [0, 0.05) is 17.0 Å². The molecule has 22 heavy (non-hydrogen) atoms. The summed E-state index contributed by atoms with van der Waals surface area (Å²) in [6.45, 7) is 5.51. The highest BCUT2D eigenvalue weighted by molar-refractivity contribution is 7.92. The van der Waals surface area contributed by atoms with Crippen molar-refractivity contribution < 1.29 is 13.2 Å². The molecule has 0 aliphatic heterocycles. The van der Waals surface area contributed by atoms with E-state index in [0.29, 0.717) is 18.4 Å². The molecule has 0 saturated heterocycles. The lowest BCUT2D eigenvalue weighted by atomic mass is 9.96. The van der Waals surface area contributed by atoms with Crippen LogP contribution in [0.1, 0.15) is 33.7 Å². The van der Waals surface area contributed by atoms with Gasteiger partial charge in [-0.05, 0) is 43.5 Å². The molecule has 1 aromatic carbocycles. The van der Waals surface area contributed by atoms with E-state index in [1.807, 2.05) is 6.92 Å². The molecule has 1 atom stereocenters. The van der Waals surface area contributed by atoms with Crippen molar-refractivity contribution in [2.75, 3.05) is 0 Å². The van der Waals surface area contributed by atoms with Gasteiger partial charge in [0.1, 0.15) is 5.25 Å². The standard InChI is InChI=1S/C17H17NO3S/c1-3-12-4-6-13(7-5-12)22(20,21)16-9-8-15-14(17(16)19)10-11(2)18-15/h3-7,10,16,18H,1,8-9H2,2H3. The van der Waals surface area contributed by atoms with E-state index in [1.54, 1.807) is 24.3 Å². The first kappa shape index (κ1) is 14.8. The first-order valence-corrected chi connectivity index (χ1v) is 8.67. The molecule has 0 saturated carbocycles. The number of carbonyl (C=O) groups is 1. The van der Waals surface area contributed by atoms with Crippen molar-refractivity contribution in [3.8, 4) is 0 Å². The molecule has 5 heteroatoms. The first-order valence-electron chi connectivity index (χ1n) is 7.12. The number of nitrogens with one attached hydrogen (secondary N) is 1. The molecule has 0 radical (unpaired) electrons. The fraction of sp³-hybridized carbons (Fsp3) is 0.235. The van der Waals surface area contributed by atoms with Gasteiger partial charge in [-0.25, -0.2) is 8.42 Å². The van der Waals surface area contributed by atoms with Crippen molar-refractivity contribution in [3.05, 3.63) is 59.4 Å². The highest BCUT2D eigenvalue weighted by Crippen LogP contribution is 2.29. The minimum Gasteiger partial charge on any atom is -0.362 e. The third kappa shape index (κ3) is 2.31. The quantitative estimate of drug-likeness (QED) is 0.947. The molecule has 2 aromatic rings. The van der Waals surface area contributed by atoms with Crippen LogP contribution < -0.4 is 0 Å². The van der Waals surface area contributed by atoms with Gasteiger partial charge in [-0.2, -0.15) is 0 Å². The number of rotatable bonds is 3. The fourth-order valence-electron chi connectivity index (χ4n) is 2.90. The molecule has 114 valence electrons. The predicted octanol–water partition coefficient (Wildman–Crippen LogP) is 2.94. The first-order chi connectivity index (χ1) is 10.4. The van der Waals surface area contributed by atoms with E-state index in [-0.39, 0.29) is 10.7 Å². The lowest BCUT2D eigenvalue weighted by Gasteiger charge is -2.21. The van der Waals surface area contributed by atoms with Gasteiger partial charge in [-0.3, -0.25) is 4.79 Å². The fourth-order valence-corrected chi connectivity index (χ4v) is 4.58. The van der Waals surface area contributed by atoms with Crippen LogP contribution in [0.3, 0.4) is 0 Å². The van der Waals surface area contributed by atoms with E-state index in [4.69, 9.17) is 0 Å². The van der Waals surface area contributed by atoms with Gasteiger partial charge in [0.05, 0.1) is 4.90 Å². The Morgan fingerprint density at radius 2 is 1.95 bits per heavy atom. The molecule has 3 rings (SSSR count). The summed E-state index contributed by atoms with van der Waals surface area (Å²) in [5, 5.41) is -0.996. The van der Waals surface area contributed by atoms with Crippen LogP contribution in [0.2, 0.25) is 0 Å². The molecule has 0 spiro atoms. The van der Waals surface area contributed by atoms with Crippen LogP contribution in [0, 0.1) is 6.92 Å². The highest BCUT2D eigenvalue weighted by atomic mass is 32.2. The van der Waals surface area contributed by atoms with Gasteiger partial charge in [0.2, 0.25) is 0 Å². The topological polar surface area (TPSA) is 67.0 Å². The monoisotopic (exact) mass is 315 g/mol. The van der Waals surface area contributed by atoms with E-state index in [1.165, 1.54) is 12.1 Å². The zero-order chi connectivity index (χ0) is 15.9. The Bertz CT molecular complexity index is 845. The summed E-state index contributed by atoms with van der Waals surface area (Å²) in [6, 6.07) is 8.20. The Balaban J connectivity index is 1.99. The number of hydrogen-bond acceptors (Lipinski definition) is 3. The van der Waals surface area contributed by atoms with Gasteiger partial charge >= 0.3 is 0 Å². The summed E-state index contributed by atoms with van der Waals surface area (Å²) < 4.78 is 25.5. The Labute approximate surface area is 129 Å². The summed E-state index contributed by atoms with van der Waals surface area (Å²) in [6.07, 6.45) is 2.54. The molecule has 1 aliphatic rings. The predicted molar refractivity (Wildman–Crippen MR) is 85.7 cm³/mol. The molecular weight excluding hydrogens is 298 g/mol. The van der Waals surface area contributed by atoms with Crippen molar-refractivity contribution in [2.24, 2.45) is 0 Å². The lowest BCUT2D eigenvalue weighted by Crippen LogP contribution is -2.34. The van der Waals surface area contributed by atoms with Crippen LogP contribution in [0.4, 0.5) is 0 Å². The summed E-state index contributed by atoms with van der Waals surface area (Å²) in [5.41, 5.74) is 3.08. The van der Waals surface area contributed by atoms with Gasteiger partial charge < -0.3 is 4.98 Å². The zero-order valence-electron chi connectivity index (χ0n) is 12.3. The molecule has 1 heterocycles. The summed E-state index contributed by atoms with van der Waals surface area (Å²) in [7, 11) is -3.67. The Morgan fingerprint density at radius 3 is 2.59 bits per heavy atom. The van der Waals surface area contributed by atoms with Crippen molar-refractivity contribution in [1.82, 2.24) is 4.98 Å². The minimum absolute atomic E-state index is 0.187. The number of H-pyrrole nitrogens is 1. The minimum atomic E-state index is -3.67. The van der Waals surface area contributed by atoms with E-state index in [9.17, 15) is 13.2 Å². The second-order valence-electron chi connectivity index (χ2n) is 5.55. The molecule has 1 aromatic heterocycles. The maximum atomic E-state index is 12.8. The van der Waals surface area contributed by atoms with E-state index in [2.05, 4.69) is 11.6 Å². The number of ketones is 1. The number of Topliss-reactive ketones (excluding diaryl/α,β-unsaturated/α-hetero) is 1. The smallest absolute Gasteiger partial charge is 0.188 e. The van der Waals surface area contributed by atoms with Gasteiger partial charge in [0.15, 0.2) is 15.6 Å². The van der Waals surface area contributed by atoms with Gasteiger partial charge in [0.25, 0.3) is 0 Å². The van der Waals surface area contributed by atoms with Crippen molar-refractivity contribution >= 4 is 21.7 Å². The lowest BCUT2D eigenvalue weighted by molar-refractivity contribution is 0.0976.